The summed E-state index contributed by atoms with van der Waals surface area (Å²) >= 11 is 7.64. The van der Waals surface area contributed by atoms with Gasteiger partial charge < -0.3 is 5.32 Å². The molecule has 4 nitrogen and oxygen atoms in total. The van der Waals surface area contributed by atoms with Gasteiger partial charge >= 0.3 is 0 Å². The summed E-state index contributed by atoms with van der Waals surface area (Å²) in [6.07, 6.45) is 5.00. The van der Waals surface area contributed by atoms with Crippen molar-refractivity contribution < 1.29 is 4.79 Å². The van der Waals surface area contributed by atoms with Gasteiger partial charge in [0, 0.05) is 35.8 Å². The summed E-state index contributed by atoms with van der Waals surface area (Å²) in [6.45, 7) is 0.578. The van der Waals surface area contributed by atoms with E-state index in [2.05, 4.69) is 10.3 Å². The molecular weight excluding hydrogens is 306 g/mol. The lowest BCUT2D eigenvalue weighted by Gasteiger charge is -2.05. The summed E-state index contributed by atoms with van der Waals surface area (Å²) in [6, 6.07) is 7.40. The Morgan fingerprint density at radius 2 is 2.24 bits per heavy atom. The van der Waals surface area contributed by atoms with Crippen molar-refractivity contribution in [3.8, 4) is 0 Å². The zero-order valence-electron chi connectivity index (χ0n) is 11.3. The Morgan fingerprint density at radius 3 is 3.05 bits per heavy atom. The van der Waals surface area contributed by atoms with Crippen molar-refractivity contribution in [1.82, 2.24) is 14.7 Å². The molecule has 0 unspecified atom stereocenters. The van der Waals surface area contributed by atoms with E-state index < -0.39 is 0 Å². The van der Waals surface area contributed by atoms with Gasteiger partial charge in [-0.1, -0.05) is 29.8 Å². The minimum atomic E-state index is -0.0240. The molecule has 108 valence electrons. The van der Waals surface area contributed by atoms with E-state index in [1.807, 2.05) is 40.4 Å². The number of benzene rings is 1. The quantitative estimate of drug-likeness (QED) is 0.786. The molecule has 0 radical (unpaired) electrons. The normalized spacial score (nSPS) is 10.9. The lowest BCUT2D eigenvalue weighted by Crippen LogP contribution is -2.27. The average molecular weight is 320 g/mol. The van der Waals surface area contributed by atoms with Crippen LogP contribution >= 0.6 is 22.9 Å². The van der Waals surface area contributed by atoms with Crippen molar-refractivity contribution in [3.63, 3.8) is 0 Å². The number of imidazole rings is 1. The minimum absolute atomic E-state index is 0.0240. The van der Waals surface area contributed by atoms with Gasteiger partial charge in [-0.05, 0) is 11.6 Å². The fourth-order valence-electron chi connectivity index (χ4n) is 2.10. The number of nitrogens with zero attached hydrogens (tertiary/aromatic N) is 2. The molecule has 1 N–H and O–H groups in total. The van der Waals surface area contributed by atoms with Crippen molar-refractivity contribution >= 4 is 33.8 Å². The van der Waals surface area contributed by atoms with Crippen LogP contribution < -0.4 is 5.32 Å². The van der Waals surface area contributed by atoms with Gasteiger partial charge in [0.15, 0.2) is 4.96 Å². The molecule has 0 aliphatic heterocycles. The van der Waals surface area contributed by atoms with Crippen LogP contribution in [0.5, 0.6) is 0 Å². The number of amides is 1. The predicted molar refractivity (Wildman–Crippen MR) is 84.9 cm³/mol. The zero-order chi connectivity index (χ0) is 14.7. The molecular formula is C15H14ClN3OS. The van der Waals surface area contributed by atoms with Crippen LogP contribution in [0.25, 0.3) is 4.96 Å². The SMILES string of the molecule is O=C(Cc1ccccc1Cl)NCCc1cn2ccsc2n1. The molecule has 2 heterocycles. The van der Waals surface area contributed by atoms with Crippen LogP contribution in [0.2, 0.25) is 5.02 Å². The zero-order valence-corrected chi connectivity index (χ0v) is 12.8. The van der Waals surface area contributed by atoms with Crippen molar-refractivity contribution in [2.75, 3.05) is 6.54 Å². The van der Waals surface area contributed by atoms with E-state index in [9.17, 15) is 4.79 Å². The first-order valence-corrected chi connectivity index (χ1v) is 7.89. The molecule has 3 aromatic rings. The lowest BCUT2D eigenvalue weighted by atomic mass is 10.1. The van der Waals surface area contributed by atoms with E-state index in [1.54, 1.807) is 17.4 Å². The number of rotatable bonds is 5. The maximum Gasteiger partial charge on any atom is 0.224 e. The first kappa shape index (κ1) is 14.1. The Bertz CT molecular complexity index is 736. The Morgan fingerprint density at radius 1 is 1.38 bits per heavy atom. The summed E-state index contributed by atoms with van der Waals surface area (Å²) in [5, 5.41) is 5.52. The molecule has 3 rings (SSSR count). The van der Waals surface area contributed by atoms with Gasteiger partial charge in [-0.15, -0.1) is 11.3 Å². The highest BCUT2D eigenvalue weighted by molar-refractivity contribution is 7.15. The first-order valence-electron chi connectivity index (χ1n) is 6.63. The van der Waals surface area contributed by atoms with Gasteiger partial charge in [-0.3, -0.25) is 9.20 Å². The van der Waals surface area contributed by atoms with Crippen LogP contribution in [0.4, 0.5) is 0 Å². The number of halogens is 1. The van der Waals surface area contributed by atoms with Crippen LogP contribution in [0, 0.1) is 0 Å². The van der Waals surface area contributed by atoms with Crippen molar-refractivity contribution in [3.05, 3.63) is 58.3 Å². The van der Waals surface area contributed by atoms with Crippen LogP contribution in [0.15, 0.2) is 42.0 Å². The minimum Gasteiger partial charge on any atom is -0.355 e. The summed E-state index contributed by atoms with van der Waals surface area (Å²) < 4.78 is 1.99. The predicted octanol–water partition coefficient (Wildman–Crippen LogP) is 2.95. The molecule has 0 fully saturated rings. The molecule has 2 aromatic heterocycles. The second-order valence-electron chi connectivity index (χ2n) is 4.69. The number of fused-ring (bicyclic) bond motifs is 1. The van der Waals surface area contributed by atoms with Crippen LogP contribution in [-0.4, -0.2) is 21.8 Å². The van der Waals surface area contributed by atoms with E-state index >= 15 is 0 Å². The Labute approximate surface area is 131 Å². The maximum atomic E-state index is 11.9. The summed E-state index contributed by atoms with van der Waals surface area (Å²) in [5.41, 5.74) is 1.83. The first-order chi connectivity index (χ1) is 10.2. The third-order valence-electron chi connectivity index (χ3n) is 3.16. The highest BCUT2D eigenvalue weighted by Crippen LogP contribution is 2.15. The molecule has 21 heavy (non-hydrogen) atoms. The number of thiazole rings is 1. The average Bonchev–Trinajstić information content (AvgIpc) is 3.02. The van der Waals surface area contributed by atoms with E-state index in [0.717, 1.165) is 22.6 Å². The largest absolute Gasteiger partial charge is 0.355 e. The molecule has 0 aliphatic carbocycles. The third kappa shape index (κ3) is 3.43. The monoisotopic (exact) mass is 319 g/mol. The Balaban J connectivity index is 1.50. The fraction of sp³-hybridized carbons (Fsp3) is 0.200. The molecule has 1 amide bonds. The number of aromatic nitrogens is 2. The maximum absolute atomic E-state index is 11.9. The second-order valence-corrected chi connectivity index (χ2v) is 5.97. The molecule has 0 saturated carbocycles. The number of nitrogens with one attached hydrogen (secondary N) is 1. The number of hydrogen-bond donors (Lipinski definition) is 1. The van der Waals surface area contributed by atoms with E-state index in [0.29, 0.717) is 18.0 Å². The number of carbonyl (C=O) groups is 1. The van der Waals surface area contributed by atoms with E-state index in [-0.39, 0.29) is 5.91 Å². The third-order valence-corrected chi connectivity index (χ3v) is 4.29. The van der Waals surface area contributed by atoms with Crippen molar-refractivity contribution in [2.24, 2.45) is 0 Å². The topological polar surface area (TPSA) is 46.4 Å². The molecule has 0 aliphatic rings. The molecule has 0 bridgehead atoms. The molecule has 0 atom stereocenters. The smallest absolute Gasteiger partial charge is 0.224 e. The van der Waals surface area contributed by atoms with Crippen molar-refractivity contribution in [2.45, 2.75) is 12.8 Å². The molecule has 6 heteroatoms. The highest BCUT2D eigenvalue weighted by Gasteiger charge is 2.07. The second kappa shape index (κ2) is 6.28. The standard InChI is InChI=1S/C15H14ClN3OS/c16-13-4-2-1-3-11(13)9-14(20)17-6-5-12-10-19-7-8-21-15(19)18-12/h1-4,7-8,10H,5-6,9H2,(H,17,20). The fourth-order valence-corrected chi connectivity index (χ4v) is 3.03. The van der Waals surface area contributed by atoms with Crippen LogP contribution in [0.3, 0.4) is 0 Å². The van der Waals surface area contributed by atoms with Gasteiger partial charge in [-0.2, -0.15) is 0 Å². The summed E-state index contributed by atoms with van der Waals surface area (Å²) in [5.74, 6) is -0.0240. The van der Waals surface area contributed by atoms with Crippen LogP contribution in [0.1, 0.15) is 11.3 Å². The van der Waals surface area contributed by atoms with Gasteiger partial charge in [0.05, 0.1) is 12.1 Å². The van der Waals surface area contributed by atoms with E-state index in [1.165, 1.54) is 0 Å². The van der Waals surface area contributed by atoms with E-state index in [4.69, 9.17) is 11.6 Å². The Hall–Kier alpha value is -1.85. The van der Waals surface area contributed by atoms with Gasteiger partial charge in [0.2, 0.25) is 5.91 Å². The Kier molecular flexibility index (Phi) is 4.22. The molecule has 0 saturated heterocycles. The number of carbonyl (C=O) groups excluding carboxylic acids is 1. The number of hydrogen-bond acceptors (Lipinski definition) is 3. The van der Waals surface area contributed by atoms with Gasteiger partial charge in [0.25, 0.3) is 0 Å². The lowest BCUT2D eigenvalue weighted by molar-refractivity contribution is -0.120. The summed E-state index contributed by atoms with van der Waals surface area (Å²) in [4.78, 5) is 17.3. The van der Waals surface area contributed by atoms with Gasteiger partial charge in [0.1, 0.15) is 0 Å². The molecule has 0 spiro atoms. The van der Waals surface area contributed by atoms with Crippen molar-refractivity contribution in [1.29, 1.82) is 0 Å². The summed E-state index contributed by atoms with van der Waals surface area (Å²) in [7, 11) is 0. The van der Waals surface area contributed by atoms with Crippen LogP contribution in [-0.2, 0) is 17.6 Å². The highest BCUT2D eigenvalue weighted by atomic mass is 35.5. The van der Waals surface area contributed by atoms with Gasteiger partial charge in [-0.25, -0.2) is 4.98 Å². The molecule has 1 aromatic carbocycles.